The molecule has 126 valence electrons. The number of nitrogens with one attached hydrogen (secondary N) is 1. The minimum Gasteiger partial charge on any atom is -0.470 e. The number of amides is 1. The average Bonchev–Trinajstić information content (AvgIpc) is 3.33. The van der Waals surface area contributed by atoms with Gasteiger partial charge >= 0.3 is 0 Å². The molecule has 3 aromatic rings. The van der Waals surface area contributed by atoms with Crippen LogP contribution in [0.1, 0.15) is 11.5 Å². The second kappa shape index (κ2) is 8.00. The molecule has 25 heavy (non-hydrogen) atoms. The standard InChI is InChI=1S/C14H9NO2S2.C5H6O/c16-13-12(19-14(18)15-13)8-10-6-7-11(17-10)9-4-2-1-3-5-9;1-5-3-2-4-6-5/h1-8H,(H,15,16,18);2-4H,1H3/b12-8+;. The van der Waals surface area contributed by atoms with Crippen LogP contribution in [-0.4, -0.2) is 10.2 Å². The van der Waals surface area contributed by atoms with E-state index in [2.05, 4.69) is 5.32 Å². The maximum atomic E-state index is 11.5. The van der Waals surface area contributed by atoms with Gasteiger partial charge in [-0.15, -0.1) is 0 Å². The molecule has 0 spiro atoms. The van der Waals surface area contributed by atoms with E-state index >= 15 is 0 Å². The highest BCUT2D eigenvalue weighted by molar-refractivity contribution is 8.26. The molecule has 1 saturated heterocycles. The Labute approximate surface area is 154 Å². The van der Waals surface area contributed by atoms with E-state index in [4.69, 9.17) is 21.1 Å². The molecular weight excluding hydrogens is 354 g/mol. The number of rotatable bonds is 2. The third kappa shape index (κ3) is 4.71. The fraction of sp³-hybridized carbons (Fsp3) is 0.0526. The molecule has 1 aliphatic rings. The lowest BCUT2D eigenvalue weighted by Crippen LogP contribution is -2.17. The van der Waals surface area contributed by atoms with E-state index in [1.54, 1.807) is 12.3 Å². The van der Waals surface area contributed by atoms with Gasteiger partial charge in [-0.2, -0.15) is 0 Å². The molecule has 0 unspecified atom stereocenters. The third-order valence-electron chi connectivity index (χ3n) is 3.26. The lowest BCUT2D eigenvalue weighted by Gasteiger charge is -1.95. The summed E-state index contributed by atoms with van der Waals surface area (Å²) in [6, 6.07) is 17.3. The molecule has 1 N–H and O–H groups in total. The largest absolute Gasteiger partial charge is 0.470 e. The van der Waals surface area contributed by atoms with Crippen LogP contribution in [0.25, 0.3) is 17.4 Å². The number of hydrogen-bond acceptors (Lipinski definition) is 5. The zero-order chi connectivity index (χ0) is 17.6. The summed E-state index contributed by atoms with van der Waals surface area (Å²) in [6.07, 6.45) is 3.36. The summed E-state index contributed by atoms with van der Waals surface area (Å²) in [4.78, 5) is 12.1. The molecule has 2 aromatic heterocycles. The highest BCUT2D eigenvalue weighted by Crippen LogP contribution is 2.28. The van der Waals surface area contributed by atoms with Gasteiger partial charge in [0.15, 0.2) is 0 Å². The van der Waals surface area contributed by atoms with Gasteiger partial charge in [-0.3, -0.25) is 4.79 Å². The molecule has 4 rings (SSSR count). The summed E-state index contributed by atoms with van der Waals surface area (Å²) < 4.78 is 11.0. The Kier molecular flexibility index (Phi) is 5.53. The highest BCUT2D eigenvalue weighted by Gasteiger charge is 2.22. The highest BCUT2D eigenvalue weighted by atomic mass is 32.2. The van der Waals surface area contributed by atoms with Gasteiger partial charge in [0.05, 0.1) is 11.2 Å². The van der Waals surface area contributed by atoms with Gasteiger partial charge in [-0.1, -0.05) is 54.3 Å². The van der Waals surface area contributed by atoms with E-state index in [0.29, 0.717) is 15.0 Å². The van der Waals surface area contributed by atoms with Crippen molar-refractivity contribution in [2.24, 2.45) is 0 Å². The molecule has 0 atom stereocenters. The first-order chi connectivity index (χ1) is 12.1. The van der Waals surface area contributed by atoms with Crippen molar-refractivity contribution in [1.29, 1.82) is 0 Å². The number of thiocarbonyl (C=S) groups is 1. The number of hydrogen-bond donors (Lipinski definition) is 1. The van der Waals surface area contributed by atoms with E-state index in [-0.39, 0.29) is 5.91 Å². The van der Waals surface area contributed by atoms with Crippen molar-refractivity contribution in [1.82, 2.24) is 5.32 Å². The summed E-state index contributed by atoms with van der Waals surface area (Å²) in [5, 5.41) is 2.57. The van der Waals surface area contributed by atoms with Gasteiger partial charge < -0.3 is 14.2 Å². The molecule has 0 radical (unpaired) electrons. The minimum absolute atomic E-state index is 0.173. The Morgan fingerprint density at radius 2 is 1.88 bits per heavy atom. The van der Waals surface area contributed by atoms with Crippen molar-refractivity contribution in [2.75, 3.05) is 0 Å². The van der Waals surface area contributed by atoms with Crippen LogP contribution in [0.5, 0.6) is 0 Å². The number of carbonyl (C=O) groups is 1. The number of carbonyl (C=O) groups excluding carboxylic acids is 1. The Balaban J connectivity index is 0.000000258. The quantitative estimate of drug-likeness (QED) is 0.507. The maximum absolute atomic E-state index is 11.5. The molecule has 1 amide bonds. The molecule has 3 heterocycles. The fourth-order valence-corrected chi connectivity index (χ4v) is 3.12. The molecule has 1 fully saturated rings. The molecule has 1 aromatic carbocycles. The summed E-state index contributed by atoms with van der Waals surface area (Å²) in [7, 11) is 0. The average molecular weight is 369 g/mol. The Morgan fingerprint density at radius 3 is 2.44 bits per heavy atom. The lowest BCUT2D eigenvalue weighted by atomic mass is 10.2. The number of benzene rings is 1. The van der Waals surface area contributed by atoms with Gasteiger partial charge in [0, 0.05) is 11.6 Å². The van der Waals surface area contributed by atoms with E-state index in [9.17, 15) is 4.79 Å². The van der Waals surface area contributed by atoms with E-state index in [1.807, 2.05) is 61.5 Å². The van der Waals surface area contributed by atoms with Crippen LogP contribution in [0.3, 0.4) is 0 Å². The van der Waals surface area contributed by atoms with E-state index in [1.165, 1.54) is 11.8 Å². The molecular formula is C19H15NO3S2. The molecule has 0 aliphatic carbocycles. The van der Waals surface area contributed by atoms with Crippen LogP contribution in [0.15, 0.2) is 74.6 Å². The Morgan fingerprint density at radius 1 is 1.08 bits per heavy atom. The topological polar surface area (TPSA) is 55.4 Å². The molecule has 0 saturated carbocycles. The summed E-state index contributed by atoms with van der Waals surface area (Å²) >= 11 is 6.18. The van der Waals surface area contributed by atoms with Gasteiger partial charge in [0.1, 0.15) is 21.6 Å². The SMILES string of the molecule is Cc1ccco1.O=C1NC(=S)S/C1=C/c1ccc(-c2ccccc2)o1. The van der Waals surface area contributed by atoms with Crippen molar-refractivity contribution in [3.8, 4) is 11.3 Å². The smallest absolute Gasteiger partial charge is 0.263 e. The van der Waals surface area contributed by atoms with E-state index < -0.39 is 0 Å². The van der Waals surface area contributed by atoms with Crippen LogP contribution < -0.4 is 5.32 Å². The Hall–Kier alpha value is -2.57. The van der Waals surface area contributed by atoms with Gasteiger partial charge in [-0.05, 0) is 31.2 Å². The molecule has 4 nitrogen and oxygen atoms in total. The second-order valence-electron chi connectivity index (χ2n) is 5.14. The molecule has 6 heteroatoms. The predicted molar refractivity (Wildman–Crippen MR) is 104 cm³/mol. The van der Waals surface area contributed by atoms with Crippen LogP contribution in [-0.2, 0) is 4.79 Å². The van der Waals surface area contributed by atoms with Crippen LogP contribution in [0.4, 0.5) is 0 Å². The van der Waals surface area contributed by atoms with Crippen molar-refractivity contribution < 1.29 is 13.6 Å². The van der Waals surface area contributed by atoms with Crippen molar-refractivity contribution >= 4 is 40.3 Å². The van der Waals surface area contributed by atoms with Crippen LogP contribution in [0.2, 0.25) is 0 Å². The molecule has 1 aliphatic heterocycles. The fourth-order valence-electron chi connectivity index (χ4n) is 2.10. The van der Waals surface area contributed by atoms with Crippen molar-refractivity contribution in [3.05, 3.63) is 77.3 Å². The first-order valence-corrected chi connectivity index (χ1v) is 8.74. The lowest BCUT2D eigenvalue weighted by molar-refractivity contribution is -0.115. The summed E-state index contributed by atoms with van der Waals surface area (Å²) in [5.41, 5.74) is 1.01. The molecule has 0 bridgehead atoms. The van der Waals surface area contributed by atoms with Crippen molar-refractivity contribution in [3.63, 3.8) is 0 Å². The van der Waals surface area contributed by atoms with Gasteiger partial charge in [-0.25, -0.2) is 0 Å². The third-order valence-corrected chi connectivity index (χ3v) is 4.43. The second-order valence-corrected chi connectivity index (χ2v) is 6.86. The Bertz CT molecular complexity index is 896. The summed E-state index contributed by atoms with van der Waals surface area (Å²) in [5.74, 6) is 2.21. The number of thioether (sulfide) groups is 1. The zero-order valence-electron chi connectivity index (χ0n) is 13.4. The normalized spacial score (nSPS) is 15.0. The summed E-state index contributed by atoms with van der Waals surface area (Å²) in [6.45, 7) is 1.92. The first-order valence-electron chi connectivity index (χ1n) is 7.52. The van der Waals surface area contributed by atoms with Crippen LogP contribution in [0, 0.1) is 6.92 Å². The number of aryl methyl sites for hydroxylation is 1. The number of furan rings is 2. The first kappa shape index (κ1) is 17.3. The van der Waals surface area contributed by atoms with Gasteiger partial charge in [0.25, 0.3) is 5.91 Å². The minimum atomic E-state index is -0.173. The maximum Gasteiger partial charge on any atom is 0.263 e. The zero-order valence-corrected chi connectivity index (χ0v) is 15.0. The van der Waals surface area contributed by atoms with E-state index in [0.717, 1.165) is 17.1 Å². The predicted octanol–water partition coefficient (Wildman–Crippen LogP) is 5.02. The van der Waals surface area contributed by atoms with Crippen molar-refractivity contribution in [2.45, 2.75) is 6.92 Å². The van der Waals surface area contributed by atoms with Gasteiger partial charge in [0.2, 0.25) is 0 Å². The monoisotopic (exact) mass is 369 g/mol. The van der Waals surface area contributed by atoms with Crippen LogP contribution >= 0.6 is 24.0 Å².